The van der Waals surface area contributed by atoms with Crippen molar-refractivity contribution >= 4 is 5.82 Å². The number of nitrogens with zero attached hydrogens (tertiary/aromatic N) is 1. The van der Waals surface area contributed by atoms with Crippen LogP contribution in [0.15, 0.2) is 18.3 Å². The highest BCUT2D eigenvalue weighted by molar-refractivity contribution is 5.37. The number of nitrogens with one attached hydrogen (secondary N) is 2. The van der Waals surface area contributed by atoms with Crippen LogP contribution in [0, 0.1) is 0 Å². The van der Waals surface area contributed by atoms with Gasteiger partial charge in [0.05, 0.1) is 6.10 Å². The summed E-state index contributed by atoms with van der Waals surface area (Å²) in [7, 11) is 0. The first-order valence-electron chi connectivity index (χ1n) is 6.49. The van der Waals surface area contributed by atoms with E-state index in [9.17, 15) is 0 Å². The van der Waals surface area contributed by atoms with Crippen molar-refractivity contribution in [2.75, 3.05) is 25.0 Å². The van der Waals surface area contributed by atoms with Crippen LogP contribution in [-0.2, 0) is 5.41 Å². The summed E-state index contributed by atoms with van der Waals surface area (Å²) in [5.41, 5.74) is 1.38. The van der Waals surface area contributed by atoms with Crippen LogP contribution in [0.3, 0.4) is 0 Å². The molecule has 0 aliphatic carbocycles. The Bertz CT molecular complexity index is 341. The Morgan fingerprint density at radius 2 is 2.00 bits per heavy atom. The Kier molecular flexibility index (Phi) is 5.56. The molecule has 0 aromatic carbocycles. The van der Waals surface area contributed by atoms with Crippen LogP contribution in [0.5, 0.6) is 0 Å². The highest BCUT2D eigenvalue weighted by atomic mass is 16.3. The van der Waals surface area contributed by atoms with Gasteiger partial charge < -0.3 is 15.7 Å². The summed E-state index contributed by atoms with van der Waals surface area (Å²) < 4.78 is 0. The van der Waals surface area contributed by atoms with Gasteiger partial charge in [0.2, 0.25) is 0 Å². The van der Waals surface area contributed by atoms with Crippen molar-refractivity contribution in [3.63, 3.8) is 0 Å². The van der Waals surface area contributed by atoms with Crippen molar-refractivity contribution in [1.29, 1.82) is 0 Å². The molecule has 1 aromatic rings. The predicted octanol–water partition coefficient (Wildman–Crippen LogP) is 1.76. The third-order valence-electron chi connectivity index (χ3n) is 2.68. The summed E-state index contributed by atoms with van der Waals surface area (Å²) in [4.78, 5) is 4.39. The van der Waals surface area contributed by atoms with E-state index in [4.69, 9.17) is 5.11 Å². The molecule has 0 saturated carbocycles. The first-order chi connectivity index (χ1) is 8.39. The second-order valence-electron chi connectivity index (χ2n) is 5.66. The summed E-state index contributed by atoms with van der Waals surface area (Å²) in [6, 6.07) is 4.12. The molecule has 1 aromatic heterocycles. The number of hydrogen-bond acceptors (Lipinski definition) is 4. The Labute approximate surface area is 110 Å². The summed E-state index contributed by atoms with van der Waals surface area (Å²) in [5.74, 6) is 0.891. The maximum atomic E-state index is 9.08. The van der Waals surface area contributed by atoms with Crippen LogP contribution >= 0.6 is 0 Å². The molecule has 1 unspecified atom stereocenters. The van der Waals surface area contributed by atoms with Gasteiger partial charge in [0, 0.05) is 25.8 Å². The summed E-state index contributed by atoms with van der Waals surface area (Å²) in [5, 5.41) is 15.5. The minimum Gasteiger partial charge on any atom is -0.392 e. The van der Waals surface area contributed by atoms with Gasteiger partial charge >= 0.3 is 0 Å². The van der Waals surface area contributed by atoms with Gasteiger partial charge in [0.15, 0.2) is 0 Å². The maximum Gasteiger partial charge on any atom is 0.125 e. The van der Waals surface area contributed by atoms with Crippen LogP contribution in [0.4, 0.5) is 5.82 Å². The Morgan fingerprint density at radius 3 is 2.50 bits per heavy atom. The first-order valence-corrected chi connectivity index (χ1v) is 6.49. The molecule has 4 heteroatoms. The lowest BCUT2D eigenvalue weighted by molar-refractivity contribution is 0.192. The number of aliphatic hydroxyl groups is 1. The fourth-order valence-electron chi connectivity index (χ4n) is 1.53. The average Bonchev–Trinajstić information content (AvgIpc) is 2.27. The van der Waals surface area contributed by atoms with Gasteiger partial charge in [-0.2, -0.15) is 0 Å². The lowest BCUT2D eigenvalue weighted by Crippen LogP contribution is -2.29. The third-order valence-corrected chi connectivity index (χ3v) is 2.68. The minimum absolute atomic E-state index is 0.143. The van der Waals surface area contributed by atoms with Gasteiger partial charge in [-0.3, -0.25) is 0 Å². The van der Waals surface area contributed by atoms with Crippen LogP contribution < -0.4 is 10.6 Å². The van der Waals surface area contributed by atoms with E-state index in [-0.39, 0.29) is 11.5 Å². The molecular weight excluding hydrogens is 226 g/mol. The predicted molar refractivity (Wildman–Crippen MR) is 76.0 cm³/mol. The Hall–Kier alpha value is -1.13. The molecule has 0 aliphatic heterocycles. The Morgan fingerprint density at radius 1 is 1.28 bits per heavy atom. The van der Waals surface area contributed by atoms with Crippen molar-refractivity contribution in [2.45, 2.75) is 39.2 Å². The minimum atomic E-state index is -0.297. The summed E-state index contributed by atoms with van der Waals surface area (Å²) in [6.45, 7) is 10.5. The molecule has 18 heavy (non-hydrogen) atoms. The number of aliphatic hydroxyl groups excluding tert-OH is 1. The lowest BCUT2D eigenvalue weighted by atomic mass is 9.88. The number of rotatable bonds is 6. The van der Waals surface area contributed by atoms with E-state index in [0.717, 1.165) is 18.9 Å². The fraction of sp³-hybridized carbons (Fsp3) is 0.643. The quantitative estimate of drug-likeness (QED) is 0.674. The lowest BCUT2D eigenvalue weighted by Gasteiger charge is -2.18. The summed E-state index contributed by atoms with van der Waals surface area (Å²) in [6.07, 6.45) is 1.63. The molecule has 1 atom stereocenters. The van der Waals surface area contributed by atoms with Crippen molar-refractivity contribution < 1.29 is 5.11 Å². The molecule has 0 radical (unpaired) electrons. The van der Waals surface area contributed by atoms with E-state index in [0.29, 0.717) is 6.54 Å². The fourth-order valence-corrected chi connectivity index (χ4v) is 1.53. The number of hydrogen-bond donors (Lipinski definition) is 3. The van der Waals surface area contributed by atoms with Crippen molar-refractivity contribution in [2.24, 2.45) is 0 Å². The molecule has 4 nitrogen and oxygen atoms in total. The highest BCUT2D eigenvalue weighted by Gasteiger charge is 2.13. The molecule has 102 valence electrons. The molecule has 1 rings (SSSR count). The molecule has 0 bridgehead atoms. The van der Waals surface area contributed by atoms with Crippen LogP contribution in [0.2, 0.25) is 0 Å². The van der Waals surface area contributed by atoms with Crippen molar-refractivity contribution in [3.05, 3.63) is 23.9 Å². The molecule has 1 heterocycles. The zero-order valence-corrected chi connectivity index (χ0v) is 11.8. The zero-order valence-electron chi connectivity index (χ0n) is 11.8. The van der Waals surface area contributed by atoms with E-state index in [1.165, 1.54) is 5.56 Å². The molecule has 0 spiro atoms. The van der Waals surface area contributed by atoms with Gasteiger partial charge in [0.1, 0.15) is 5.82 Å². The van der Waals surface area contributed by atoms with Crippen LogP contribution in [-0.4, -0.2) is 35.8 Å². The first kappa shape index (κ1) is 14.9. The molecule has 0 fully saturated rings. The highest BCUT2D eigenvalue weighted by Crippen LogP contribution is 2.21. The van der Waals surface area contributed by atoms with E-state index in [2.05, 4.69) is 42.5 Å². The Balaban J connectivity index is 2.31. The smallest absolute Gasteiger partial charge is 0.125 e. The molecule has 3 N–H and O–H groups in total. The van der Waals surface area contributed by atoms with Gasteiger partial charge in [-0.05, 0) is 24.0 Å². The normalized spacial score (nSPS) is 13.4. The van der Waals surface area contributed by atoms with Crippen LogP contribution in [0.25, 0.3) is 0 Å². The van der Waals surface area contributed by atoms with E-state index < -0.39 is 0 Å². The van der Waals surface area contributed by atoms with Crippen LogP contribution in [0.1, 0.15) is 33.3 Å². The topological polar surface area (TPSA) is 57.2 Å². The average molecular weight is 251 g/mol. The second kappa shape index (κ2) is 6.71. The van der Waals surface area contributed by atoms with E-state index >= 15 is 0 Å². The van der Waals surface area contributed by atoms with E-state index in [1.54, 1.807) is 6.92 Å². The standard InChI is InChI=1S/C14H25N3O/c1-11(18)9-15-7-8-16-13-6-5-12(10-17-13)14(2,3)4/h5-6,10-11,15,18H,7-9H2,1-4H3,(H,16,17). The monoisotopic (exact) mass is 251 g/mol. The maximum absolute atomic E-state index is 9.08. The molecule has 0 saturated heterocycles. The zero-order chi connectivity index (χ0) is 13.6. The summed E-state index contributed by atoms with van der Waals surface area (Å²) >= 11 is 0. The van der Waals surface area contributed by atoms with Gasteiger partial charge in [-0.25, -0.2) is 4.98 Å². The number of pyridine rings is 1. The van der Waals surface area contributed by atoms with Crippen molar-refractivity contribution in [1.82, 2.24) is 10.3 Å². The largest absolute Gasteiger partial charge is 0.392 e. The molecular formula is C14H25N3O. The number of aromatic nitrogens is 1. The molecule has 0 amide bonds. The molecule has 0 aliphatic rings. The third kappa shape index (κ3) is 5.47. The number of anilines is 1. The van der Waals surface area contributed by atoms with Crippen molar-refractivity contribution in [3.8, 4) is 0 Å². The SMILES string of the molecule is CC(O)CNCCNc1ccc(C(C)(C)C)cn1. The van der Waals surface area contributed by atoms with E-state index in [1.807, 2.05) is 12.3 Å². The van der Waals surface area contributed by atoms with Gasteiger partial charge in [0.25, 0.3) is 0 Å². The van der Waals surface area contributed by atoms with Gasteiger partial charge in [-0.1, -0.05) is 26.8 Å². The van der Waals surface area contributed by atoms with Gasteiger partial charge in [-0.15, -0.1) is 0 Å². The second-order valence-corrected chi connectivity index (χ2v) is 5.66.